The van der Waals surface area contributed by atoms with Gasteiger partial charge in [0.15, 0.2) is 6.29 Å². The zero-order valence-corrected chi connectivity index (χ0v) is 15.2. The topological polar surface area (TPSA) is 92.6 Å². The van der Waals surface area contributed by atoms with Crippen molar-refractivity contribution < 1.29 is 19.0 Å². The van der Waals surface area contributed by atoms with Crippen LogP contribution >= 0.6 is 11.6 Å². The first-order valence-corrected chi connectivity index (χ1v) is 8.15. The van der Waals surface area contributed by atoms with Crippen molar-refractivity contribution in [3.63, 3.8) is 0 Å². The zero-order valence-electron chi connectivity index (χ0n) is 14.5. The summed E-state index contributed by atoms with van der Waals surface area (Å²) in [6.07, 6.45) is 0.876. The molecule has 0 aliphatic heterocycles. The molecule has 0 saturated heterocycles. The van der Waals surface area contributed by atoms with E-state index >= 15 is 0 Å². The van der Waals surface area contributed by atoms with Gasteiger partial charge in [0.2, 0.25) is 0 Å². The molecule has 0 bridgehead atoms. The number of carbonyl (C=O) groups excluding carboxylic acids is 1. The van der Waals surface area contributed by atoms with E-state index in [0.717, 1.165) is 0 Å². The van der Waals surface area contributed by atoms with Gasteiger partial charge in [0.05, 0.1) is 18.7 Å². The molecule has 0 spiro atoms. The van der Waals surface area contributed by atoms with Crippen LogP contribution in [0.5, 0.6) is 5.75 Å². The van der Waals surface area contributed by atoms with Crippen LogP contribution in [-0.4, -0.2) is 39.1 Å². The van der Waals surface area contributed by atoms with E-state index in [4.69, 9.17) is 31.1 Å². The lowest BCUT2D eigenvalue weighted by molar-refractivity contribution is -0.131. The monoisotopic (exact) mass is 367 g/mol. The second-order valence-electron chi connectivity index (χ2n) is 4.72. The number of nitrogens with one attached hydrogen (secondary N) is 2. The fraction of sp³-hybridized carbons (Fsp3) is 0.412. The Morgan fingerprint density at radius 3 is 2.56 bits per heavy atom. The van der Waals surface area contributed by atoms with Gasteiger partial charge >= 0.3 is 0 Å². The van der Waals surface area contributed by atoms with Crippen molar-refractivity contribution in [1.82, 2.24) is 5.32 Å². The molecule has 1 aromatic carbocycles. The third kappa shape index (κ3) is 7.01. The molecule has 136 valence electrons. The number of ether oxygens (including phenoxy) is 3. The SMILES string of the molecule is CCOC(CN/C=C(/C#N)C(=O)Nc1ccc(OC)c(Cl)c1)OCC. The van der Waals surface area contributed by atoms with Gasteiger partial charge in [-0.25, -0.2) is 0 Å². The fourth-order valence-corrected chi connectivity index (χ4v) is 2.14. The molecule has 0 atom stereocenters. The third-order valence-electron chi connectivity index (χ3n) is 3.01. The lowest BCUT2D eigenvalue weighted by Gasteiger charge is -2.16. The van der Waals surface area contributed by atoms with E-state index in [0.29, 0.717) is 36.2 Å². The Bertz CT molecular complexity index is 637. The van der Waals surface area contributed by atoms with Gasteiger partial charge in [-0.05, 0) is 32.0 Å². The van der Waals surface area contributed by atoms with E-state index in [1.54, 1.807) is 18.2 Å². The van der Waals surface area contributed by atoms with Crippen LogP contribution < -0.4 is 15.4 Å². The molecule has 0 radical (unpaired) electrons. The Morgan fingerprint density at radius 2 is 2.04 bits per heavy atom. The molecule has 2 N–H and O–H groups in total. The summed E-state index contributed by atoms with van der Waals surface area (Å²) in [4.78, 5) is 12.2. The summed E-state index contributed by atoms with van der Waals surface area (Å²) >= 11 is 6.01. The first-order chi connectivity index (χ1) is 12.0. The number of nitriles is 1. The minimum absolute atomic E-state index is 0.0845. The van der Waals surface area contributed by atoms with Gasteiger partial charge in [0.25, 0.3) is 5.91 Å². The standard InChI is InChI=1S/C17H22ClN3O4/c1-4-24-16(25-5-2)11-20-10-12(9-19)17(22)21-13-6-7-15(23-3)14(18)8-13/h6-8,10,16,20H,4-5,11H2,1-3H3,(H,21,22)/b12-10-. The molecule has 0 saturated carbocycles. The van der Waals surface area contributed by atoms with E-state index in [9.17, 15) is 4.79 Å². The largest absolute Gasteiger partial charge is 0.495 e. The van der Waals surface area contributed by atoms with Crippen LogP contribution in [0.25, 0.3) is 0 Å². The Morgan fingerprint density at radius 1 is 1.36 bits per heavy atom. The molecule has 0 aliphatic carbocycles. The van der Waals surface area contributed by atoms with E-state index in [1.807, 2.05) is 19.9 Å². The molecule has 0 heterocycles. The van der Waals surface area contributed by atoms with Gasteiger partial charge in [0.1, 0.15) is 17.4 Å². The Hall–Kier alpha value is -2.27. The maximum Gasteiger partial charge on any atom is 0.267 e. The normalized spacial score (nSPS) is 11.1. The maximum atomic E-state index is 12.2. The predicted molar refractivity (Wildman–Crippen MR) is 95.4 cm³/mol. The third-order valence-corrected chi connectivity index (χ3v) is 3.31. The van der Waals surface area contributed by atoms with E-state index in [1.165, 1.54) is 13.3 Å². The predicted octanol–water partition coefficient (Wildman–Crippen LogP) is 2.68. The molecule has 7 nitrogen and oxygen atoms in total. The highest BCUT2D eigenvalue weighted by atomic mass is 35.5. The number of halogens is 1. The first kappa shape index (κ1) is 20.8. The van der Waals surface area contributed by atoms with Gasteiger partial charge < -0.3 is 24.8 Å². The summed E-state index contributed by atoms with van der Waals surface area (Å²) in [5.41, 5.74) is 0.372. The van der Waals surface area contributed by atoms with Crippen LogP contribution in [0, 0.1) is 11.3 Å². The number of hydrogen-bond acceptors (Lipinski definition) is 6. The van der Waals surface area contributed by atoms with Crippen molar-refractivity contribution in [2.24, 2.45) is 0 Å². The molecule has 0 aliphatic rings. The highest BCUT2D eigenvalue weighted by molar-refractivity contribution is 6.32. The Balaban J connectivity index is 2.67. The lowest BCUT2D eigenvalue weighted by atomic mass is 10.2. The minimum atomic E-state index is -0.555. The van der Waals surface area contributed by atoms with Gasteiger partial charge in [0, 0.05) is 25.1 Å². The van der Waals surface area contributed by atoms with Crippen molar-refractivity contribution >= 4 is 23.2 Å². The zero-order chi connectivity index (χ0) is 18.7. The van der Waals surface area contributed by atoms with Crippen molar-refractivity contribution in [2.45, 2.75) is 20.1 Å². The second kappa shape index (κ2) is 11.3. The van der Waals surface area contributed by atoms with Gasteiger partial charge in [-0.3, -0.25) is 4.79 Å². The van der Waals surface area contributed by atoms with Crippen LogP contribution in [0.15, 0.2) is 30.0 Å². The summed E-state index contributed by atoms with van der Waals surface area (Å²) in [7, 11) is 1.50. The molecular formula is C17H22ClN3O4. The molecule has 8 heteroatoms. The summed E-state index contributed by atoms with van der Waals surface area (Å²) in [6.45, 7) is 5.03. The van der Waals surface area contributed by atoms with E-state index < -0.39 is 12.2 Å². The van der Waals surface area contributed by atoms with Gasteiger partial charge in [-0.2, -0.15) is 5.26 Å². The molecule has 1 aromatic rings. The van der Waals surface area contributed by atoms with Crippen LogP contribution in [0.4, 0.5) is 5.69 Å². The average Bonchev–Trinajstić information content (AvgIpc) is 2.59. The Kier molecular flexibility index (Phi) is 9.40. The van der Waals surface area contributed by atoms with Gasteiger partial charge in [-0.1, -0.05) is 11.6 Å². The van der Waals surface area contributed by atoms with Crippen LogP contribution in [-0.2, 0) is 14.3 Å². The van der Waals surface area contributed by atoms with Gasteiger partial charge in [-0.15, -0.1) is 0 Å². The van der Waals surface area contributed by atoms with Crippen molar-refractivity contribution in [3.05, 3.63) is 35.0 Å². The number of nitrogens with zero attached hydrogens (tertiary/aromatic N) is 1. The molecule has 0 unspecified atom stereocenters. The number of hydrogen-bond donors (Lipinski definition) is 2. The smallest absolute Gasteiger partial charge is 0.267 e. The van der Waals surface area contributed by atoms with Crippen molar-refractivity contribution in [3.8, 4) is 11.8 Å². The highest BCUT2D eigenvalue weighted by Gasteiger charge is 2.12. The summed E-state index contributed by atoms with van der Waals surface area (Å²) in [6, 6.07) is 6.64. The molecule has 25 heavy (non-hydrogen) atoms. The minimum Gasteiger partial charge on any atom is -0.495 e. The fourth-order valence-electron chi connectivity index (χ4n) is 1.89. The average molecular weight is 368 g/mol. The maximum absolute atomic E-state index is 12.2. The van der Waals surface area contributed by atoms with Crippen molar-refractivity contribution in [1.29, 1.82) is 5.26 Å². The number of rotatable bonds is 10. The molecule has 1 rings (SSSR count). The first-order valence-electron chi connectivity index (χ1n) is 7.77. The molecular weight excluding hydrogens is 346 g/mol. The summed E-state index contributed by atoms with van der Waals surface area (Å²) in [5.74, 6) is -0.0594. The highest BCUT2D eigenvalue weighted by Crippen LogP contribution is 2.27. The van der Waals surface area contributed by atoms with E-state index in [2.05, 4.69) is 10.6 Å². The second-order valence-corrected chi connectivity index (χ2v) is 5.13. The number of carbonyl (C=O) groups is 1. The molecule has 1 amide bonds. The summed E-state index contributed by atoms with van der Waals surface area (Å²) < 4.78 is 15.8. The summed E-state index contributed by atoms with van der Waals surface area (Å²) in [5, 5.41) is 15.0. The number of benzene rings is 1. The molecule has 0 aromatic heterocycles. The number of methoxy groups -OCH3 is 1. The number of amides is 1. The lowest BCUT2D eigenvalue weighted by Crippen LogP contribution is -2.29. The molecule has 0 fully saturated rings. The number of anilines is 1. The van der Waals surface area contributed by atoms with E-state index in [-0.39, 0.29) is 5.57 Å². The van der Waals surface area contributed by atoms with Crippen LogP contribution in [0.3, 0.4) is 0 Å². The van der Waals surface area contributed by atoms with Crippen LogP contribution in [0.1, 0.15) is 13.8 Å². The van der Waals surface area contributed by atoms with Crippen LogP contribution in [0.2, 0.25) is 5.02 Å². The quantitative estimate of drug-likeness (QED) is 0.375. The Labute approximate surface area is 152 Å². The van der Waals surface area contributed by atoms with Crippen molar-refractivity contribution in [2.75, 3.05) is 32.2 Å².